The van der Waals surface area contributed by atoms with E-state index in [2.05, 4.69) is 0 Å². The molecule has 1 N–H and O–H groups in total. The second kappa shape index (κ2) is 5.16. The molecule has 16 heavy (non-hydrogen) atoms. The van der Waals surface area contributed by atoms with Crippen molar-refractivity contribution in [3.8, 4) is 0 Å². The summed E-state index contributed by atoms with van der Waals surface area (Å²) in [6.45, 7) is 1.74. The number of aliphatic hydroxyl groups excluding tert-OH is 1. The van der Waals surface area contributed by atoms with Crippen LogP contribution in [0.25, 0.3) is 6.08 Å². The van der Waals surface area contributed by atoms with Crippen LogP contribution in [0.2, 0.25) is 0 Å². The average molecular weight is 230 g/mol. The molecule has 0 aliphatic carbocycles. The van der Waals surface area contributed by atoms with Gasteiger partial charge < -0.3 is 5.11 Å². The van der Waals surface area contributed by atoms with Gasteiger partial charge in [-0.2, -0.15) is 13.2 Å². The second-order valence-electron chi connectivity index (χ2n) is 3.48. The van der Waals surface area contributed by atoms with Crippen LogP contribution < -0.4 is 0 Å². The lowest BCUT2D eigenvalue weighted by molar-refractivity contribution is -0.137. The molecule has 0 spiro atoms. The highest BCUT2D eigenvalue weighted by molar-refractivity contribution is 5.55. The molecule has 0 saturated carbocycles. The summed E-state index contributed by atoms with van der Waals surface area (Å²) < 4.78 is 37.3. The first-order valence-electron chi connectivity index (χ1n) is 4.90. The lowest BCUT2D eigenvalue weighted by Gasteiger charge is -2.09. The Hall–Kier alpha value is -1.29. The van der Waals surface area contributed by atoms with Crippen LogP contribution in [0, 0.1) is 6.92 Å². The summed E-state index contributed by atoms with van der Waals surface area (Å²) in [4.78, 5) is 0. The number of rotatable bonds is 3. The molecular weight excluding hydrogens is 217 g/mol. The second-order valence-corrected chi connectivity index (χ2v) is 3.48. The highest BCUT2D eigenvalue weighted by Crippen LogP contribution is 2.30. The van der Waals surface area contributed by atoms with Gasteiger partial charge >= 0.3 is 6.18 Å². The van der Waals surface area contributed by atoms with Crippen LogP contribution in [-0.2, 0) is 6.18 Å². The van der Waals surface area contributed by atoms with Crippen molar-refractivity contribution in [1.82, 2.24) is 0 Å². The number of aryl methyl sites for hydroxylation is 1. The zero-order valence-electron chi connectivity index (χ0n) is 8.88. The normalized spacial score (nSPS) is 12.3. The molecule has 0 aromatic heterocycles. The van der Waals surface area contributed by atoms with E-state index >= 15 is 0 Å². The molecule has 1 aromatic carbocycles. The molecule has 0 amide bonds. The number of aliphatic hydroxyl groups is 1. The largest absolute Gasteiger partial charge is 0.416 e. The van der Waals surface area contributed by atoms with Crippen LogP contribution in [0.5, 0.6) is 0 Å². The van der Waals surface area contributed by atoms with Gasteiger partial charge in [0.05, 0.1) is 5.56 Å². The molecule has 0 aliphatic heterocycles. The predicted molar refractivity (Wildman–Crippen MR) is 56.9 cm³/mol. The molecule has 1 rings (SSSR count). The van der Waals surface area contributed by atoms with E-state index in [0.29, 0.717) is 12.0 Å². The molecular formula is C12H13F3O. The van der Waals surface area contributed by atoms with E-state index in [1.807, 2.05) is 0 Å². The third-order valence-corrected chi connectivity index (χ3v) is 2.20. The van der Waals surface area contributed by atoms with Gasteiger partial charge in [0, 0.05) is 6.61 Å². The molecule has 0 unspecified atom stereocenters. The Morgan fingerprint density at radius 3 is 2.56 bits per heavy atom. The van der Waals surface area contributed by atoms with Crippen molar-refractivity contribution in [2.45, 2.75) is 19.5 Å². The number of benzene rings is 1. The van der Waals surface area contributed by atoms with E-state index < -0.39 is 11.7 Å². The van der Waals surface area contributed by atoms with Crippen molar-refractivity contribution in [2.75, 3.05) is 6.61 Å². The van der Waals surface area contributed by atoms with Gasteiger partial charge in [-0.1, -0.05) is 18.2 Å². The van der Waals surface area contributed by atoms with E-state index in [1.165, 1.54) is 6.07 Å². The van der Waals surface area contributed by atoms with Gasteiger partial charge in [-0.15, -0.1) is 0 Å². The molecule has 4 heteroatoms. The van der Waals surface area contributed by atoms with Crippen LogP contribution in [0.15, 0.2) is 24.3 Å². The number of hydrogen-bond acceptors (Lipinski definition) is 1. The lowest BCUT2D eigenvalue weighted by Crippen LogP contribution is -2.05. The third kappa shape index (κ3) is 3.38. The maximum absolute atomic E-state index is 12.4. The molecule has 1 nitrogen and oxygen atoms in total. The summed E-state index contributed by atoms with van der Waals surface area (Å²) in [5.74, 6) is 0. The minimum Gasteiger partial charge on any atom is -0.396 e. The van der Waals surface area contributed by atoms with Crippen molar-refractivity contribution in [1.29, 1.82) is 0 Å². The topological polar surface area (TPSA) is 20.2 Å². The Labute approximate surface area is 92.2 Å². The first kappa shape index (κ1) is 12.8. The van der Waals surface area contributed by atoms with Gasteiger partial charge in [-0.05, 0) is 36.6 Å². The zero-order valence-corrected chi connectivity index (χ0v) is 8.88. The van der Waals surface area contributed by atoms with Crippen LogP contribution in [0.3, 0.4) is 0 Å². The summed E-state index contributed by atoms with van der Waals surface area (Å²) in [5.41, 5.74) is 0.659. The predicted octanol–water partition coefficient (Wildman–Crippen LogP) is 3.41. The van der Waals surface area contributed by atoms with Crippen molar-refractivity contribution in [2.24, 2.45) is 0 Å². The van der Waals surface area contributed by atoms with Gasteiger partial charge in [0.15, 0.2) is 0 Å². The Morgan fingerprint density at radius 1 is 1.31 bits per heavy atom. The van der Waals surface area contributed by atoms with Crippen LogP contribution in [-0.4, -0.2) is 11.7 Å². The van der Waals surface area contributed by atoms with E-state index in [1.54, 1.807) is 19.1 Å². The SMILES string of the molecule is Cc1ccc(C(F)(F)F)cc1C=CCCO. The summed E-state index contributed by atoms with van der Waals surface area (Å²) in [6, 6.07) is 3.63. The van der Waals surface area contributed by atoms with E-state index in [9.17, 15) is 13.2 Å². The highest BCUT2D eigenvalue weighted by Gasteiger charge is 2.30. The van der Waals surface area contributed by atoms with Gasteiger partial charge in [0.25, 0.3) is 0 Å². The Balaban J connectivity index is 3.00. The number of halogens is 3. The maximum Gasteiger partial charge on any atom is 0.416 e. The van der Waals surface area contributed by atoms with Crippen molar-refractivity contribution >= 4 is 6.08 Å². The highest BCUT2D eigenvalue weighted by atomic mass is 19.4. The molecule has 0 aliphatic rings. The molecule has 0 radical (unpaired) electrons. The van der Waals surface area contributed by atoms with Crippen LogP contribution in [0.4, 0.5) is 13.2 Å². The van der Waals surface area contributed by atoms with E-state index in [4.69, 9.17) is 5.11 Å². The fourth-order valence-corrected chi connectivity index (χ4v) is 1.28. The van der Waals surface area contributed by atoms with Crippen molar-refractivity contribution < 1.29 is 18.3 Å². The Bertz CT molecular complexity index is 380. The maximum atomic E-state index is 12.4. The Morgan fingerprint density at radius 2 is 2.00 bits per heavy atom. The molecule has 0 atom stereocenters. The first-order valence-corrected chi connectivity index (χ1v) is 4.90. The molecule has 1 aromatic rings. The lowest BCUT2D eigenvalue weighted by atomic mass is 10.0. The smallest absolute Gasteiger partial charge is 0.396 e. The number of hydrogen-bond donors (Lipinski definition) is 1. The third-order valence-electron chi connectivity index (χ3n) is 2.20. The van der Waals surface area contributed by atoms with Crippen molar-refractivity contribution in [3.63, 3.8) is 0 Å². The summed E-state index contributed by atoms with van der Waals surface area (Å²) in [6.07, 6.45) is -0.619. The summed E-state index contributed by atoms with van der Waals surface area (Å²) >= 11 is 0. The number of alkyl halides is 3. The Kier molecular flexibility index (Phi) is 4.12. The monoisotopic (exact) mass is 230 g/mol. The van der Waals surface area contributed by atoms with E-state index in [0.717, 1.165) is 17.7 Å². The molecule has 0 heterocycles. The van der Waals surface area contributed by atoms with Gasteiger partial charge in [0.2, 0.25) is 0 Å². The fourth-order valence-electron chi connectivity index (χ4n) is 1.28. The minimum atomic E-state index is -4.31. The minimum absolute atomic E-state index is 0.00545. The molecule has 0 fully saturated rings. The standard InChI is InChI=1S/C12H13F3O/c1-9-5-6-11(12(13,14)15)8-10(9)4-2-3-7-16/h2,4-6,8,16H,3,7H2,1H3. The zero-order chi connectivity index (χ0) is 12.2. The quantitative estimate of drug-likeness (QED) is 0.843. The van der Waals surface area contributed by atoms with Crippen LogP contribution in [0.1, 0.15) is 23.1 Å². The summed E-state index contributed by atoms with van der Waals surface area (Å²) in [5, 5.41) is 8.57. The van der Waals surface area contributed by atoms with Gasteiger partial charge in [0.1, 0.15) is 0 Å². The van der Waals surface area contributed by atoms with E-state index in [-0.39, 0.29) is 6.61 Å². The first-order chi connectivity index (χ1) is 7.45. The molecule has 0 bridgehead atoms. The van der Waals surface area contributed by atoms with Gasteiger partial charge in [-0.3, -0.25) is 0 Å². The molecule has 0 saturated heterocycles. The fraction of sp³-hybridized carbons (Fsp3) is 0.333. The van der Waals surface area contributed by atoms with Gasteiger partial charge in [-0.25, -0.2) is 0 Å². The average Bonchev–Trinajstić information content (AvgIpc) is 2.19. The molecule has 88 valence electrons. The van der Waals surface area contributed by atoms with Crippen molar-refractivity contribution in [3.05, 3.63) is 41.0 Å². The summed E-state index contributed by atoms with van der Waals surface area (Å²) in [7, 11) is 0. The van der Waals surface area contributed by atoms with Crippen LogP contribution >= 0.6 is 0 Å².